The Hall–Kier alpha value is -1.87. The van der Waals surface area contributed by atoms with Crippen molar-refractivity contribution in [2.45, 2.75) is 39.4 Å². The summed E-state index contributed by atoms with van der Waals surface area (Å²) >= 11 is 0. The zero-order chi connectivity index (χ0) is 15.4. The van der Waals surface area contributed by atoms with Gasteiger partial charge in [-0.2, -0.15) is 0 Å². The smallest absolute Gasteiger partial charge is 0.128 e. The van der Waals surface area contributed by atoms with E-state index in [4.69, 9.17) is 4.74 Å². The Morgan fingerprint density at radius 2 is 1.71 bits per heavy atom. The number of aliphatic hydroxyl groups excluding tert-OH is 1. The van der Waals surface area contributed by atoms with E-state index in [1.54, 1.807) is 13.0 Å². The second kappa shape index (κ2) is 6.72. The topological polar surface area (TPSA) is 29.5 Å². The van der Waals surface area contributed by atoms with Crippen molar-refractivity contribution in [3.05, 3.63) is 65.0 Å². The summed E-state index contributed by atoms with van der Waals surface area (Å²) in [6, 6.07) is 12.4. The van der Waals surface area contributed by atoms with Gasteiger partial charge in [0.2, 0.25) is 0 Å². The van der Waals surface area contributed by atoms with Crippen molar-refractivity contribution < 1.29 is 14.2 Å². The number of aliphatic hydroxyl groups is 1. The van der Waals surface area contributed by atoms with Gasteiger partial charge in [-0.1, -0.05) is 38.1 Å². The summed E-state index contributed by atoms with van der Waals surface area (Å²) in [6.07, 6.45) is -0.691. The molecule has 2 aromatic rings. The van der Waals surface area contributed by atoms with Crippen LogP contribution in [-0.2, 0) is 6.61 Å². The number of rotatable bonds is 5. The largest absolute Gasteiger partial charge is 0.488 e. The minimum Gasteiger partial charge on any atom is -0.488 e. The minimum atomic E-state index is -0.691. The fraction of sp³-hybridized carbons (Fsp3) is 0.333. The van der Waals surface area contributed by atoms with Gasteiger partial charge in [0.15, 0.2) is 0 Å². The lowest BCUT2D eigenvalue weighted by Crippen LogP contribution is -2.02. The van der Waals surface area contributed by atoms with Gasteiger partial charge in [-0.05, 0) is 36.1 Å². The van der Waals surface area contributed by atoms with Gasteiger partial charge in [0.25, 0.3) is 0 Å². The van der Waals surface area contributed by atoms with Crippen LogP contribution in [-0.4, -0.2) is 5.11 Å². The van der Waals surface area contributed by atoms with E-state index in [-0.39, 0.29) is 5.82 Å². The Balaban J connectivity index is 2.10. The fourth-order valence-corrected chi connectivity index (χ4v) is 2.14. The van der Waals surface area contributed by atoms with Gasteiger partial charge in [-0.15, -0.1) is 0 Å². The molecule has 0 aliphatic rings. The Bertz CT molecular complexity index is 589. The fourth-order valence-electron chi connectivity index (χ4n) is 2.14. The molecule has 2 rings (SSSR count). The SMILES string of the molecule is CC(C)c1ccc(COc2cc(F)ccc2[C@H](C)O)cc1. The summed E-state index contributed by atoms with van der Waals surface area (Å²) in [5, 5.41) is 9.69. The second-order valence-electron chi connectivity index (χ2n) is 5.54. The van der Waals surface area contributed by atoms with Gasteiger partial charge < -0.3 is 9.84 Å². The summed E-state index contributed by atoms with van der Waals surface area (Å²) in [5.41, 5.74) is 2.88. The maximum absolute atomic E-state index is 13.3. The Morgan fingerprint density at radius 3 is 2.29 bits per heavy atom. The normalized spacial score (nSPS) is 12.5. The maximum Gasteiger partial charge on any atom is 0.128 e. The highest BCUT2D eigenvalue weighted by Crippen LogP contribution is 2.27. The van der Waals surface area contributed by atoms with E-state index in [9.17, 15) is 9.50 Å². The van der Waals surface area contributed by atoms with Crippen LogP contribution in [0.4, 0.5) is 4.39 Å². The van der Waals surface area contributed by atoms with E-state index in [1.807, 2.05) is 12.1 Å². The highest BCUT2D eigenvalue weighted by atomic mass is 19.1. The molecule has 0 saturated carbocycles. The van der Waals surface area contributed by atoms with Crippen LogP contribution >= 0.6 is 0 Å². The molecule has 0 heterocycles. The van der Waals surface area contributed by atoms with Crippen molar-refractivity contribution >= 4 is 0 Å². The minimum absolute atomic E-state index is 0.349. The molecule has 0 fully saturated rings. The second-order valence-corrected chi connectivity index (χ2v) is 5.54. The molecular formula is C18H21FO2. The monoisotopic (exact) mass is 288 g/mol. The molecule has 0 unspecified atom stereocenters. The Labute approximate surface area is 125 Å². The van der Waals surface area contributed by atoms with Gasteiger partial charge in [-0.3, -0.25) is 0 Å². The highest BCUT2D eigenvalue weighted by molar-refractivity contribution is 5.36. The molecule has 0 bridgehead atoms. The molecule has 0 amide bonds. The predicted octanol–water partition coefficient (Wildman–Crippen LogP) is 4.58. The Kier molecular flexibility index (Phi) is 4.97. The molecule has 0 aromatic heterocycles. The summed E-state index contributed by atoms with van der Waals surface area (Å²) in [5.74, 6) is 0.507. The molecule has 112 valence electrons. The first-order valence-corrected chi connectivity index (χ1v) is 7.16. The van der Waals surface area contributed by atoms with E-state index in [0.717, 1.165) is 5.56 Å². The van der Waals surface area contributed by atoms with Crippen molar-refractivity contribution in [2.24, 2.45) is 0 Å². The van der Waals surface area contributed by atoms with Crippen molar-refractivity contribution in [3.8, 4) is 5.75 Å². The molecule has 0 spiro atoms. The standard InChI is InChI=1S/C18H21FO2/c1-12(2)15-6-4-14(5-7-15)11-21-18-10-16(19)8-9-17(18)13(3)20/h4-10,12-13,20H,11H2,1-3H3/t13-/m0/s1. The molecular weight excluding hydrogens is 267 g/mol. The zero-order valence-corrected chi connectivity index (χ0v) is 12.6. The molecule has 1 atom stereocenters. The quantitative estimate of drug-likeness (QED) is 0.872. The van der Waals surface area contributed by atoms with Crippen LogP contribution in [0.25, 0.3) is 0 Å². The first-order valence-electron chi connectivity index (χ1n) is 7.16. The molecule has 2 nitrogen and oxygen atoms in total. The average Bonchev–Trinajstić information content (AvgIpc) is 2.45. The van der Waals surface area contributed by atoms with Crippen LogP contribution in [0.2, 0.25) is 0 Å². The number of hydrogen-bond donors (Lipinski definition) is 1. The summed E-state index contributed by atoms with van der Waals surface area (Å²) in [4.78, 5) is 0. The van der Waals surface area contributed by atoms with E-state index in [2.05, 4.69) is 26.0 Å². The summed E-state index contributed by atoms with van der Waals surface area (Å²) in [7, 11) is 0. The van der Waals surface area contributed by atoms with Crippen LogP contribution in [0.3, 0.4) is 0 Å². The lowest BCUT2D eigenvalue weighted by molar-refractivity contribution is 0.190. The van der Waals surface area contributed by atoms with E-state index in [0.29, 0.717) is 23.8 Å². The third-order valence-corrected chi connectivity index (χ3v) is 3.47. The molecule has 0 saturated heterocycles. The zero-order valence-electron chi connectivity index (χ0n) is 12.6. The van der Waals surface area contributed by atoms with Gasteiger partial charge in [0.1, 0.15) is 18.2 Å². The van der Waals surface area contributed by atoms with Crippen molar-refractivity contribution in [3.63, 3.8) is 0 Å². The predicted molar refractivity (Wildman–Crippen MR) is 81.9 cm³/mol. The van der Waals surface area contributed by atoms with E-state index < -0.39 is 6.10 Å². The Morgan fingerprint density at radius 1 is 1.05 bits per heavy atom. The lowest BCUT2D eigenvalue weighted by atomic mass is 10.0. The van der Waals surface area contributed by atoms with Crippen molar-refractivity contribution in [1.29, 1.82) is 0 Å². The molecule has 0 aliphatic carbocycles. The van der Waals surface area contributed by atoms with Crippen LogP contribution in [0, 0.1) is 5.82 Å². The molecule has 0 aliphatic heterocycles. The van der Waals surface area contributed by atoms with Crippen molar-refractivity contribution in [2.75, 3.05) is 0 Å². The summed E-state index contributed by atoms with van der Waals surface area (Å²) in [6.45, 7) is 6.28. The number of ether oxygens (including phenoxy) is 1. The number of hydrogen-bond acceptors (Lipinski definition) is 2. The molecule has 2 aromatic carbocycles. The maximum atomic E-state index is 13.3. The van der Waals surface area contributed by atoms with E-state index >= 15 is 0 Å². The van der Waals surface area contributed by atoms with Gasteiger partial charge in [-0.25, -0.2) is 4.39 Å². The third kappa shape index (κ3) is 4.05. The lowest BCUT2D eigenvalue weighted by Gasteiger charge is -2.14. The van der Waals surface area contributed by atoms with Crippen LogP contribution < -0.4 is 4.74 Å². The molecule has 0 radical (unpaired) electrons. The van der Waals surface area contributed by atoms with E-state index in [1.165, 1.54) is 17.7 Å². The highest BCUT2D eigenvalue weighted by Gasteiger charge is 2.10. The average molecular weight is 288 g/mol. The molecule has 3 heteroatoms. The van der Waals surface area contributed by atoms with Crippen LogP contribution in [0.15, 0.2) is 42.5 Å². The van der Waals surface area contributed by atoms with Gasteiger partial charge >= 0.3 is 0 Å². The van der Waals surface area contributed by atoms with Gasteiger partial charge in [0, 0.05) is 11.6 Å². The van der Waals surface area contributed by atoms with Crippen LogP contribution in [0.5, 0.6) is 5.75 Å². The molecule has 1 N–H and O–H groups in total. The third-order valence-electron chi connectivity index (χ3n) is 3.47. The first kappa shape index (κ1) is 15.5. The first-order chi connectivity index (χ1) is 9.97. The van der Waals surface area contributed by atoms with Crippen LogP contribution in [0.1, 0.15) is 49.5 Å². The number of benzene rings is 2. The van der Waals surface area contributed by atoms with Gasteiger partial charge in [0.05, 0.1) is 6.10 Å². The number of halogens is 1. The molecule has 21 heavy (non-hydrogen) atoms. The van der Waals surface area contributed by atoms with Crippen molar-refractivity contribution in [1.82, 2.24) is 0 Å². The summed E-state index contributed by atoms with van der Waals surface area (Å²) < 4.78 is 19.0.